The van der Waals surface area contributed by atoms with Crippen LogP contribution < -0.4 is 15.5 Å². The van der Waals surface area contributed by atoms with Crippen LogP contribution in [0.15, 0.2) is 18.2 Å². The SMILES string of the molecule is C[NH+](C)CC(C)(C)CNC(=S)Nc1ccc(F)c(Cl)c1. The van der Waals surface area contributed by atoms with Crippen molar-refractivity contribution in [1.82, 2.24) is 5.32 Å². The summed E-state index contributed by atoms with van der Waals surface area (Å²) in [6.45, 7) is 6.17. The average molecular weight is 319 g/mol. The molecule has 20 heavy (non-hydrogen) atoms. The van der Waals surface area contributed by atoms with Gasteiger partial charge >= 0.3 is 0 Å². The quantitative estimate of drug-likeness (QED) is 0.725. The van der Waals surface area contributed by atoms with Crippen molar-refractivity contribution in [2.45, 2.75) is 13.8 Å². The minimum atomic E-state index is -0.439. The van der Waals surface area contributed by atoms with E-state index in [4.69, 9.17) is 23.8 Å². The zero-order valence-electron chi connectivity index (χ0n) is 12.3. The van der Waals surface area contributed by atoms with Gasteiger partial charge in [0.25, 0.3) is 0 Å². The second-order valence-electron chi connectivity index (χ2n) is 5.98. The summed E-state index contributed by atoms with van der Waals surface area (Å²) in [5.41, 5.74) is 0.801. The van der Waals surface area contributed by atoms with Gasteiger partial charge in [-0.3, -0.25) is 0 Å². The van der Waals surface area contributed by atoms with E-state index in [1.54, 1.807) is 6.07 Å². The highest BCUT2D eigenvalue weighted by Gasteiger charge is 2.21. The van der Waals surface area contributed by atoms with Gasteiger partial charge in [0.2, 0.25) is 0 Å². The number of quaternary nitrogens is 1. The molecule has 0 spiro atoms. The molecule has 0 saturated heterocycles. The fourth-order valence-electron chi connectivity index (χ4n) is 2.09. The number of hydrogen-bond acceptors (Lipinski definition) is 1. The topological polar surface area (TPSA) is 28.5 Å². The maximum Gasteiger partial charge on any atom is 0.170 e. The molecule has 0 fully saturated rings. The predicted molar refractivity (Wildman–Crippen MR) is 87.1 cm³/mol. The van der Waals surface area contributed by atoms with Gasteiger partial charge < -0.3 is 15.5 Å². The second-order valence-corrected chi connectivity index (χ2v) is 6.80. The molecule has 0 aromatic heterocycles. The molecule has 0 radical (unpaired) electrons. The Kier molecular flexibility index (Phi) is 6.17. The lowest BCUT2D eigenvalue weighted by atomic mass is 9.93. The number of thiocarbonyl (C=S) groups is 1. The third kappa shape index (κ3) is 6.03. The maximum absolute atomic E-state index is 13.1. The third-order valence-corrected chi connectivity index (χ3v) is 3.27. The zero-order valence-corrected chi connectivity index (χ0v) is 13.9. The molecule has 0 amide bonds. The molecule has 0 aliphatic rings. The lowest BCUT2D eigenvalue weighted by Gasteiger charge is -2.26. The van der Waals surface area contributed by atoms with E-state index >= 15 is 0 Å². The largest absolute Gasteiger partial charge is 0.362 e. The van der Waals surface area contributed by atoms with E-state index in [2.05, 4.69) is 38.6 Å². The van der Waals surface area contributed by atoms with Crippen LogP contribution in [-0.4, -0.2) is 32.3 Å². The summed E-state index contributed by atoms with van der Waals surface area (Å²) >= 11 is 11.0. The summed E-state index contributed by atoms with van der Waals surface area (Å²) in [5, 5.41) is 6.77. The van der Waals surface area contributed by atoms with Crippen LogP contribution in [0, 0.1) is 11.2 Å². The molecule has 0 atom stereocenters. The molecular weight excluding hydrogens is 297 g/mol. The summed E-state index contributed by atoms with van der Waals surface area (Å²) in [7, 11) is 4.25. The number of anilines is 1. The first kappa shape index (κ1) is 17.1. The Labute approximate surface area is 130 Å². The van der Waals surface area contributed by atoms with Crippen LogP contribution >= 0.6 is 23.8 Å². The molecule has 3 nitrogen and oxygen atoms in total. The molecule has 0 saturated carbocycles. The summed E-state index contributed by atoms with van der Waals surface area (Å²) < 4.78 is 13.1. The van der Waals surface area contributed by atoms with Gasteiger partial charge in [-0.1, -0.05) is 25.4 Å². The lowest BCUT2D eigenvalue weighted by molar-refractivity contribution is -0.865. The molecule has 0 aliphatic carbocycles. The molecular formula is C14H22ClFN3S+. The van der Waals surface area contributed by atoms with Crippen LogP contribution in [0.1, 0.15) is 13.8 Å². The van der Waals surface area contributed by atoms with Gasteiger partial charge in [-0.25, -0.2) is 4.39 Å². The molecule has 3 N–H and O–H groups in total. The molecule has 0 aliphatic heterocycles. The summed E-state index contributed by atoms with van der Waals surface area (Å²) in [6.07, 6.45) is 0. The first-order valence-electron chi connectivity index (χ1n) is 6.48. The Bertz CT molecular complexity index is 477. The summed E-state index contributed by atoms with van der Waals surface area (Å²) in [5.74, 6) is -0.439. The first-order chi connectivity index (χ1) is 9.19. The van der Waals surface area contributed by atoms with Crippen molar-refractivity contribution < 1.29 is 9.29 Å². The number of benzene rings is 1. The first-order valence-corrected chi connectivity index (χ1v) is 7.27. The van der Waals surface area contributed by atoms with E-state index < -0.39 is 5.82 Å². The van der Waals surface area contributed by atoms with E-state index in [1.165, 1.54) is 17.0 Å². The van der Waals surface area contributed by atoms with Crippen LogP contribution in [0.4, 0.5) is 10.1 Å². The van der Waals surface area contributed by atoms with Crippen LogP contribution in [0.3, 0.4) is 0 Å². The monoisotopic (exact) mass is 318 g/mol. The van der Waals surface area contributed by atoms with Crippen molar-refractivity contribution in [2.75, 3.05) is 32.5 Å². The van der Waals surface area contributed by atoms with Crippen molar-refractivity contribution >= 4 is 34.6 Å². The Hall–Kier alpha value is -0.910. The zero-order chi connectivity index (χ0) is 15.3. The Morgan fingerprint density at radius 1 is 1.40 bits per heavy atom. The number of nitrogens with one attached hydrogen (secondary N) is 3. The van der Waals surface area contributed by atoms with E-state index in [1.807, 2.05) is 0 Å². The average Bonchev–Trinajstić information content (AvgIpc) is 2.30. The smallest absolute Gasteiger partial charge is 0.170 e. The van der Waals surface area contributed by atoms with E-state index in [9.17, 15) is 4.39 Å². The van der Waals surface area contributed by atoms with Crippen LogP contribution in [-0.2, 0) is 0 Å². The van der Waals surface area contributed by atoms with Crippen molar-refractivity contribution in [2.24, 2.45) is 5.41 Å². The number of hydrogen-bond donors (Lipinski definition) is 3. The molecule has 0 bridgehead atoms. The van der Waals surface area contributed by atoms with Crippen molar-refractivity contribution in [3.05, 3.63) is 29.0 Å². The highest BCUT2D eigenvalue weighted by molar-refractivity contribution is 7.80. The predicted octanol–water partition coefficient (Wildman–Crippen LogP) is 1.94. The Morgan fingerprint density at radius 3 is 2.60 bits per heavy atom. The van der Waals surface area contributed by atoms with E-state index in [-0.39, 0.29) is 10.4 Å². The molecule has 1 rings (SSSR count). The molecule has 1 aromatic carbocycles. The summed E-state index contributed by atoms with van der Waals surface area (Å²) in [4.78, 5) is 1.39. The molecule has 0 unspecified atom stereocenters. The van der Waals surface area contributed by atoms with Gasteiger partial charge in [-0.2, -0.15) is 0 Å². The van der Waals surface area contributed by atoms with Gasteiger partial charge in [0.1, 0.15) is 5.82 Å². The molecule has 112 valence electrons. The normalized spacial score (nSPS) is 11.6. The van der Waals surface area contributed by atoms with Gasteiger partial charge in [0.05, 0.1) is 25.7 Å². The fourth-order valence-corrected chi connectivity index (χ4v) is 2.46. The molecule has 6 heteroatoms. The van der Waals surface area contributed by atoms with Gasteiger partial charge in [0, 0.05) is 17.6 Å². The lowest BCUT2D eigenvalue weighted by Crippen LogP contribution is -3.07. The second kappa shape index (κ2) is 7.20. The van der Waals surface area contributed by atoms with Crippen molar-refractivity contribution in [3.63, 3.8) is 0 Å². The standard InChI is InChI=1S/C14H21ClFN3S/c1-14(2,9-19(3)4)8-17-13(20)18-10-5-6-12(16)11(15)7-10/h5-7H,8-9H2,1-4H3,(H2,17,18,20)/p+1. The van der Waals surface area contributed by atoms with Crippen LogP contribution in [0.2, 0.25) is 5.02 Å². The number of rotatable bonds is 5. The minimum absolute atomic E-state index is 0.0781. The third-order valence-electron chi connectivity index (χ3n) is 2.74. The Balaban J connectivity index is 2.49. The van der Waals surface area contributed by atoms with Crippen LogP contribution in [0.25, 0.3) is 0 Å². The van der Waals surface area contributed by atoms with Crippen molar-refractivity contribution in [3.8, 4) is 0 Å². The Morgan fingerprint density at radius 2 is 2.05 bits per heavy atom. The van der Waals surface area contributed by atoms with Gasteiger partial charge in [-0.15, -0.1) is 0 Å². The molecule has 0 heterocycles. The van der Waals surface area contributed by atoms with Gasteiger partial charge in [-0.05, 0) is 30.4 Å². The molecule has 1 aromatic rings. The van der Waals surface area contributed by atoms with E-state index in [0.29, 0.717) is 10.8 Å². The van der Waals surface area contributed by atoms with Crippen molar-refractivity contribution in [1.29, 1.82) is 0 Å². The fraction of sp³-hybridized carbons (Fsp3) is 0.500. The highest BCUT2D eigenvalue weighted by Crippen LogP contribution is 2.19. The highest BCUT2D eigenvalue weighted by atomic mass is 35.5. The van der Waals surface area contributed by atoms with E-state index in [0.717, 1.165) is 13.1 Å². The number of halogens is 2. The maximum atomic E-state index is 13.1. The van der Waals surface area contributed by atoms with Gasteiger partial charge in [0.15, 0.2) is 5.11 Å². The van der Waals surface area contributed by atoms with Crippen LogP contribution in [0.5, 0.6) is 0 Å². The summed E-state index contributed by atoms with van der Waals surface area (Å²) in [6, 6.07) is 4.43. The minimum Gasteiger partial charge on any atom is -0.362 e.